The van der Waals surface area contributed by atoms with Crippen LogP contribution in [-0.2, 0) is 0 Å². The Kier molecular flexibility index (Phi) is 3.57. The van der Waals surface area contributed by atoms with Gasteiger partial charge in [0.25, 0.3) is 0 Å². The van der Waals surface area contributed by atoms with Crippen molar-refractivity contribution in [1.29, 1.82) is 0 Å². The topological polar surface area (TPSA) is 17.3 Å². The Bertz CT molecular complexity index is 2040. The Morgan fingerprint density at radius 1 is 0.500 bits per heavy atom. The smallest absolute Gasteiger partial charge is 0.195 e. The Balaban J connectivity index is 1.43. The molecule has 2 nitrogen and oxygen atoms in total. The van der Waals surface area contributed by atoms with Crippen molar-refractivity contribution in [3.05, 3.63) is 109 Å². The highest BCUT2D eigenvalue weighted by molar-refractivity contribution is 7.23. The molecule has 8 rings (SSSR count). The average Bonchev–Trinajstić information content (AvgIpc) is 3.44. The number of hydrogen-bond donors (Lipinski definition) is 0. The molecule has 0 unspecified atom stereocenters. The first-order chi connectivity index (χ1) is 16.8. The van der Waals surface area contributed by atoms with Gasteiger partial charge >= 0.3 is 0 Å². The van der Waals surface area contributed by atoms with Crippen LogP contribution in [0.25, 0.3) is 69.7 Å². The van der Waals surface area contributed by atoms with Crippen LogP contribution in [0.4, 0.5) is 0 Å². The lowest BCUT2D eigenvalue weighted by molar-refractivity contribution is 1.35. The quantitative estimate of drug-likeness (QED) is 0.228. The molecule has 8 aromatic rings. The van der Waals surface area contributed by atoms with E-state index in [-0.39, 0.29) is 0 Å². The maximum atomic E-state index is 4.84. The monoisotopic (exact) mass is 450 g/mol. The number of rotatable bonds is 1. The second kappa shape index (κ2) is 6.66. The van der Waals surface area contributed by atoms with E-state index in [4.69, 9.17) is 4.98 Å². The van der Waals surface area contributed by atoms with Gasteiger partial charge in [0.1, 0.15) is 0 Å². The highest BCUT2D eigenvalue weighted by Crippen LogP contribution is 2.38. The standard InChI is InChI=1S/C31H18N2S/c1-2-9-23-21(7-1)22-8-3-4-10-24(22)26-17-19(13-15-25(23)26)20-14-16-30-29(18-20)33-28-12-6-5-11-27(28)32-31(33)34-30/h1-18H. The van der Waals surface area contributed by atoms with Gasteiger partial charge in [0, 0.05) is 0 Å². The molecule has 34 heavy (non-hydrogen) atoms. The van der Waals surface area contributed by atoms with Gasteiger partial charge in [-0.2, -0.15) is 0 Å². The number of aromatic nitrogens is 2. The normalized spacial score (nSPS) is 12.1. The molecular weight excluding hydrogens is 432 g/mol. The van der Waals surface area contributed by atoms with Gasteiger partial charge in [-0.3, -0.25) is 4.40 Å². The van der Waals surface area contributed by atoms with Crippen LogP contribution in [0.1, 0.15) is 0 Å². The van der Waals surface area contributed by atoms with E-state index in [9.17, 15) is 0 Å². The second-order valence-electron chi connectivity index (χ2n) is 8.85. The maximum absolute atomic E-state index is 4.84. The van der Waals surface area contributed by atoms with Crippen LogP contribution >= 0.6 is 11.3 Å². The van der Waals surface area contributed by atoms with Gasteiger partial charge in [0.2, 0.25) is 0 Å². The SMILES string of the molecule is c1ccc2c(c1)nc1sc3ccc(-c4ccc5c6ccccc6c6ccccc6c5c4)cc3n12. The molecule has 6 aromatic carbocycles. The third-order valence-corrected chi connectivity index (χ3v) is 8.03. The van der Waals surface area contributed by atoms with E-state index in [1.54, 1.807) is 11.3 Å². The number of benzene rings is 6. The molecule has 2 heterocycles. The Labute approximate surface area is 199 Å². The molecule has 0 spiro atoms. The van der Waals surface area contributed by atoms with Gasteiger partial charge in [-0.05, 0) is 73.8 Å². The minimum Gasteiger partial charge on any atom is -0.283 e. The summed E-state index contributed by atoms with van der Waals surface area (Å²) in [6.07, 6.45) is 0. The van der Waals surface area contributed by atoms with Crippen molar-refractivity contribution < 1.29 is 0 Å². The van der Waals surface area contributed by atoms with Gasteiger partial charge in [-0.15, -0.1) is 0 Å². The first-order valence-corrected chi connectivity index (χ1v) is 12.3. The first-order valence-electron chi connectivity index (χ1n) is 11.5. The largest absolute Gasteiger partial charge is 0.283 e. The second-order valence-corrected chi connectivity index (χ2v) is 9.86. The molecule has 0 aliphatic carbocycles. The van der Waals surface area contributed by atoms with Crippen LogP contribution in [0.15, 0.2) is 109 Å². The van der Waals surface area contributed by atoms with Crippen LogP contribution in [0.5, 0.6) is 0 Å². The molecule has 0 aliphatic rings. The van der Waals surface area contributed by atoms with Gasteiger partial charge in [-0.1, -0.05) is 90.2 Å². The van der Waals surface area contributed by atoms with Gasteiger partial charge in [0.15, 0.2) is 4.96 Å². The number of imidazole rings is 1. The van der Waals surface area contributed by atoms with Gasteiger partial charge in [-0.25, -0.2) is 4.98 Å². The maximum Gasteiger partial charge on any atom is 0.195 e. The van der Waals surface area contributed by atoms with Crippen molar-refractivity contribution in [2.45, 2.75) is 0 Å². The minimum absolute atomic E-state index is 1.05. The average molecular weight is 451 g/mol. The fourth-order valence-corrected chi connectivity index (χ4v) is 6.47. The molecule has 0 saturated heterocycles. The fraction of sp³-hybridized carbons (Fsp3) is 0. The predicted molar refractivity (Wildman–Crippen MR) is 146 cm³/mol. The van der Waals surface area contributed by atoms with E-state index in [1.165, 1.54) is 53.7 Å². The molecule has 0 amide bonds. The van der Waals surface area contributed by atoms with E-state index in [1.807, 2.05) is 0 Å². The molecule has 3 heteroatoms. The lowest BCUT2D eigenvalue weighted by Gasteiger charge is -2.12. The molecule has 2 aromatic heterocycles. The van der Waals surface area contributed by atoms with Crippen LogP contribution in [0.2, 0.25) is 0 Å². The molecule has 0 aliphatic heterocycles. The highest BCUT2D eigenvalue weighted by atomic mass is 32.1. The zero-order valence-electron chi connectivity index (χ0n) is 18.2. The summed E-state index contributed by atoms with van der Waals surface area (Å²) < 4.78 is 3.55. The summed E-state index contributed by atoms with van der Waals surface area (Å²) in [5, 5.41) is 7.84. The first kappa shape index (κ1) is 18.2. The van der Waals surface area contributed by atoms with Crippen LogP contribution in [0, 0.1) is 0 Å². The van der Waals surface area contributed by atoms with Crippen molar-refractivity contribution in [2.75, 3.05) is 0 Å². The Morgan fingerprint density at radius 2 is 1.09 bits per heavy atom. The van der Waals surface area contributed by atoms with Crippen molar-refractivity contribution in [2.24, 2.45) is 0 Å². The van der Waals surface area contributed by atoms with Crippen molar-refractivity contribution in [3.8, 4) is 11.1 Å². The number of nitrogens with zero attached hydrogens (tertiary/aromatic N) is 2. The lowest BCUT2D eigenvalue weighted by Crippen LogP contribution is -1.86. The molecule has 158 valence electrons. The van der Waals surface area contributed by atoms with Gasteiger partial charge in [0.05, 0.1) is 21.3 Å². The number of fused-ring (bicyclic) bond motifs is 11. The zero-order valence-corrected chi connectivity index (χ0v) is 19.0. The minimum atomic E-state index is 1.05. The van der Waals surface area contributed by atoms with E-state index < -0.39 is 0 Å². The molecule has 0 fully saturated rings. The van der Waals surface area contributed by atoms with E-state index in [0.29, 0.717) is 0 Å². The van der Waals surface area contributed by atoms with Crippen molar-refractivity contribution in [1.82, 2.24) is 9.38 Å². The molecule has 0 N–H and O–H groups in total. The van der Waals surface area contributed by atoms with E-state index >= 15 is 0 Å². The van der Waals surface area contributed by atoms with Crippen molar-refractivity contribution >= 4 is 69.9 Å². The number of thiazole rings is 1. The third kappa shape index (κ3) is 2.42. The summed E-state index contributed by atoms with van der Waals surface area (Å²) in [6, 6.07) is 39.6. The summed E-state index contributed by atoms with van der Waals surface area (Å²) in [5.41, 5.74) is 5.89. The Hall–Kier alpha value is -4.21. The molecule has 0 atom stereocenters. The Morgan fingerprint density at radius 3 is 1.85 bits per heavy atom. The number of para-hydroxylation sites is 2. The van der Waals surface area contributed by atoms with E-state index in [0.717, 1.165) is 16.0 Å². The molecular formula is C31H18N2S. The molecule has 0 bridgehead atoms. The van der Waals surface area contributed by atoms with Crippen LogP contribution in [0.3, 0.4) is 0 Å². The summed E-state index contributed by atoms with van der Waals surface area (Å²) >= 11 is 1.75. The highest BCUT2D eigenvalue weighted by Gasteiger charge is 2.13. The molecule has 0 radical (unpaired) electrons. The third-order valence-electron chi connectivity index (χ3n) is 7.01. The summed E-state index contributed by atoms with van der Waals surface area (Å²) in [5.74, 6) is 0. The number of hydrogen-bond acceptors (Lipinski definition) is 2. The van der Waals surface area contributed by atoms with Crippen molar-refractivity contribution in [3.63, 3.8) is 0 Å². The van der Waals surface area contributed by atoms with Crippen LogP contribution in [-0.4, -0.2) is 9.38 Å². The summed E-state index contributed by atoms with van der Waals surface area (Å²) in [7, 11) is 0. The molecule has 0 saturated carbocycles. The van der Waals surface area contributed by atoms with Crippen LogP contribution < -0.4 is 0 Å². The van der Waals surface area contributed by atoms with E-state index in [2.05, 4.69) is 114 Å². The van der Waals surface area contributed by atoms with Gasteiger partial charge < -0.3 is 0 Å². The lowest BCUT2D eigenvalue weighted by atomic mass is 9.92. The summed E-state index contributed by atoms with van der Waals surface area (Å²) in [4.78, 5) is 5.89. The zero-order chi connectivity index (χ0) is 22.2. The fourth-order valence-electron chi connectivity index (χ4n) is 5.45. The predicted octanol–water partition coefficient (Wildman–Crippen LogP) is 8.83. The summed E-state index contributed by atoms with van der Waals surface area (Å²) in [6.45, 7) is 0.